The molecule has 0 aliphatic heterocycles. The van der Waals surface area contributed by atoms with Gasteiger partial charge in [-0.25, -0.2) is 8.42 Å². The molecule has 0 saturated carbocycles. The number of rotatable bonds is 26. The van der Waals surface area contributed by atoms with E-state index in [0.29, 0.717) is 18.4 Å². The van der Waals surface area contributed by atoms with Crippen molar-refractivity contribution in [1.29, 1.82) is 0 Å². The van der Waals surface area contributed by atoms with Crippen LogP contribution in [-0.4, -0.2) is 19.6 Å². The Hall–Kier alpha value is 0.696. The maximum atomic E-state index is 12.1. The smallest absolute Gasteiger partial charge is 0.744 e. The first-order chi connectivity index (χ1) is 18.0. The maximum Gasteiger partial charge on any atom is 1.00 e. The average Bonchev–Trinajstić information content (AvgIpc) is 2.87. The van der Waals surface area contributed by atoms with Crippen LogP contribution in [0.3, 0.4) is 0 Å². The third kappa shape index (κ3) is 21.4. The van der Waals surface area contributed by atoms with E-state index < -0.39 is 10.1 Å². The summed E-state index contributed by atoms with van der Waals surface area (Å²) < 4.78 is 47.3. The van der Waals surface area contributed by atoms with Gasteiger partial charge in [-0.3, -0.25) is 4.39 Å². The van der Waals surface area contributed by atoms with Crippen molar-refractivity contribution >= 4 is 10.1 Å². The Bertz CT molecular complexity index is 770. The summed E-state index contributed by atoms with van der Waals surface area (Å²) in [4.78, 5) is -0.0457. The van der Waals surface area contributed by atoms with Crippen LogP contribution in [0.25, 0.3) is 0 Å². The number of hydrogen-bond donors (Lipinski definition) is 0. The Labute approximate surface area is 278 Å². The van der Waals surface area contributed by atoms with Crippen LogP contribution in [0.5, 0.6) is 0 Å². The van der Waals surface area contributed by atoms with Crippen molar-refractivity contribution in [2.45, 2.75) is 166 Å². The quantitative estimate of drug-likeness (QED) is 0.0661. The Morgan fingerprint density at radius 3 is 1.42 bits per heavy atom. The van der Waals surface area contributed by atoms with Crippen LogP contribution in [0, 0.1) is 0 Å². The first-order valence-corrected chi connectivity index (χ1v) is 17.0. The van der Waals surface area contributed by atoms with Crippen LogP contribution in [0.2, 0.25) is 0 Å². The van der Waals surface area contributed by atoms with Crippen molar-refractivity contribution in [2.75, 3.05) is 6.67 Å². The molecular formula is C32H56FKO3S. The van der Waals surface area contributed by atoms with E-state index in [1.54, 1.807) is 0 Å². The molecule has 1 rings (SSSR count). The Balaban J connectivity index is 0.0000137. The average molecular weight is 579 g/mol. The van der Waals surface area contributed by atoms with Gasteiger partial charge >= 0.3 is 51.4 Å². The monoisotopic (exact) mass is 578 g/mol. The third-order valence-corrected chi connectivity index (χ3v) is 8.48. The van der Waals surface area contributed by atoms with Crippen LogP contribution >= 0.6 is 0 Å². The Morgan fingerprint density at radius 2 is 1.00 bits per heavy atom. The standard InChI is InChI=1S/C32H57FO3S.K/c1-2-3-4-5-6-7-8-9-10-11-12-13-15-18-21-24-30-26-27-32(37(34,35)36)31(29-30)25-22-19-16-14-17-20-23-28-33;/h26-27,29H,2-25,28H2,1H3,(H,34,35,36);/q;+1/p-1. The molecule has 1 aromatic carbocycles. The van der Waals surface area contributed by atoms with E-state index in [2.05, 4.69) is 6.92 Å². The normalized spacial score (nSPS) is 11.6. The van der Waals surface area contributed by atoms with Gasteiger partial charge in [0.15, 0.2) is 0 Å². The fourth-order valence-electron chi connectivity index (χ4n) is 5.22. The topological polar surface area (TPSA) is 57.2 Å². The zero-order valence-corrected chi connectivity index (χ0v) is 28.9. The SMILES string of the molecule is CCCCCCCCCCCCCCCCCc1ccc(S(=O)(=O)[O-])c(CCCCCCCCCF)c1.[K+]. The second-order valence-corrected chi connectivity index (χ2v) is 12.4. The van der Waals surface area contributed by atoms with Crippen molar-refractivity contribution < 1.29 is 68.7 Å². The molecule has 0 saturated heterocycles. The van der Waals surface area contributed by atoms with E-state index in [-0.39, 0.29) is 63.0 Å². The fraction of sp³-hybridized carbons (Fsp3) is 0.812. The molecule has 0 fully saturated rings. The van der Waals surface area contributed by atoms with Gasteiger partial charge in [-0.15, -0.1) is 0 Å². The van der Waals surface area contributed by atoms with Gasteiger partial charge in [-0.2, -0.15) is 0 Å². The summed E-state index contributed by atoms with van der Waals surface area (Å²) in [6.07, 6.45) is 28.4. The first kappa shape index (κ1) is 38.7. The molecule has 0 aliphatic rings. The van der Waals surface area contributed by atoms with E-state index >= 15 is 0 Å². The molecule has 6 heteroatoms. The number of hydrogen-bond acceptors (Lipinski definition) is 3. The van der Waals surface area contributed by atoms with Crippen LogP contribution in [0.15, 0.2) is 23.1 Å². The number of alkyl halides is 1. The van der Waals surface area contributed by atoms with E-state index in [0.717, 1.165) is 56.9 Å². The van der Waals surface area contributed by atoms with Gasteiger partial charge in [0.05, 0.1) is 11.6 Å². The van der Waals surface area contributed by atoms with E-state index in [4.69, 9.17) is 0 Å². The second-order valence-electron chi connectivity index (χ2n) is 11.0. The molecule has 3 nitrogen and oxygen atoms in total. The molecule has 0 unspecified atom stereocenters. The summed E-state index contributed by atoms with van der Waals surface area (Å²) in [5, 5.41) is 0. The van der Waals surface area contributed by atoms with Crippen LogP contribution in [0.4, 0.5) is 4.39 Å². The molecular weight excluding hydrogens is 523 g/mol. The first-order valence-electron chi connectivity index (χ1n) is 15.6. The molecule has 216 valence electrons. The second kappa shape index (κ2) is 26.6. The van der Waals surface area contributed by atoms with Gasteiger partial charge in [0, 0.05) is 0 Å². The third-order valence-electron chi connectivity index (χ3n) is 7.54. The molecule has 0 aliphatic carbocycles. The predicted molar refractivity (Wildman–Crippen MR) is 155 cm³/mol. The molecule has 0 N–H and O–H groups in total. The molecule has 0 heterocycles. The van der Waals surface area contributed by atoms with Crippen LogP contribution in [-0.2, 0) is 23.0 Å². The largest absolute Gasteiger partial charge is 1.00 e. The van der Waals surface area contributed by atoms with Crippen LogP contribution < -0.4 is 51.4 Å². The summed E-state index contributed by atoms with van der Waals surface area (Å²) in [5.74, 6) is 0. The summed E-state index contributed by atoms with van der Waals surface area (Å²) in [6, 6.07) is 5.30. The maximum absolute atomic E-state index is 12.1. The van der Waals surface area contributed by atoms with Gasteiger partial charge < -0.3 is 4.55 Å². The number of benzene rings is 1. The fourth-order valence-corrected chi connectivity index (χ4v) is 5.94. The molecule has 0 radical (unpaired) electrons. The minimum absolute atomic E-state index is 0. The van der Waals surface area contributed by atoms with Crippen molar-refractivity contribution in [2.24, 2.45) is 0 Å². The van der Waals surface area contributed by atoms with Crippen molar-refractivity contribution in [1.82, 2.24) is 0 Å². The minimum Gasteiger partial charge on any atom is -0.744 e. The van der Waals surface area contributed by atoms with Crippen molar-refractivity contribution in [3.63, 3.8) is 0 Å². The Kier molecular flexibility index (Phi) is 27.1. The minimum atomic E-state index is -4.44. The Morgan fingerprint density at radius 1 is 0.605 bits per heavy atom. The number of halogens is 1. The van der Waals surface area contributed by atoms with E-state index in [9.17, 15) is 17.4 Å². The molecule has 0 atom stereocenters. The summed E-state index contributed by atoms with van der Waals surface area (Å²) in [5.41, 5.74) is 1.83. The molecule has 38 heavy (non-hydrogen) atoms. The van der Waals surface area contributed by atoms with Crippen LogP contribution in [0.1, 0.15) is 159 Å². The van der Waals surface area contributed by atoms with Gasteiger partial charge in [-0.05, 0) is 49.3 Å². The molecule has 0 amide bonds. The number of unbranched alkanes of at least 4 members (excludes halogenated alkanes) is 20. The zero-order chi connectivity index (χ0) is 27.0. The zero-order valence-electron chi connectivity index (χ0n) is 24.9. The molecule has 1 aromatic rings. The summed E-state index contributed by atoms with van der Waals surface area (Å²) in [6.45, 7) is 2.04. The summed E-state index contributed by atoms with van der Waals surface area (Å²) >= 11 is 0. The summed E-state index contributed by atoms with van der Waals surface area (Å²) in [7, 11) is -4.44. The van der Waals surface area contributed by atoms with E-state index in [1.165, 1.54) is 96.0 Å². The predicted octanol–water partition coefficient (Wildman–Crippen LogP) is 7.25. The van der Waals surface area contributed by atoms with E-state index in [1.807, 2.05) is 12.1 Å². The van der Waals surface area contributed by atoms with Gasteiger partial charge in [0.25, 0.3) is 0 Å². The molecule has 0 bridgehead atoms. The molecule has 0 aromatic heterocycles. The van der Waals surface area contributed by atoms with Gasteiger partial charge in [0.2, 0.25) is 0 Å². The molecule has 0 spiro atoms. The van der Waals surface area contributed by atoms with Crippen molar-refractivity contribution in [3.05, 3.63) is 29.3 Å². The number of aryl methyl sites for hydroxylation is 2. The van der Waals surface area contributed by atoms with Crippen molar-refractivity contribution in [3.8, 4) is 0 Å². The van der Waals surface area contributed by atoms with Gasteiger partial charge in [-0.1, -0.05) is 141 Å². The van der Waals surface area contributed by atoms with Gasteiger partial charge in [0.1, 0.15) is 10.1 Å².